The molecule has 2 saturated heterocycles. The summed E-state index contributed by atoms with van der Waals surface area (Å²) in [5, 5.41) is 8.51. The smallest absolute Gasteiger partial charge is 0.306 e. The van der Waals surface area contributed by atoms with Crippen molar-refractivity contribution in [1.82, 2.24) is 0 Å². The Labute approximate surface area is 121 Å². The highest BCUT2D eigenvalue weighted by Gasteiger charge is 2.51. The zero-order chi connectivity index (χ0) is 15.4. The number of rotatable bonds is 6. The van der Waals surface area contributed by atoms with Crippen LogP contribution in [0.3, 0.4) is 0 Å². The SMILES string of the molecule is CCC(=O)OC1COC2C(OC(=O)CCC(=O)O)COC12. The van der Waals surface area contributed by atoms with Crippen LogP contribution in [0.2, 0.25) is 0 Å². The molecular weight excluding hydrogens is 284 g/mol. The van der Waals surface area contributed by atoms with E-state index in [1.165, 1.54) is 0 Å². The molecule has 2 fully saturated rings. The number of carboxylic acids is 1. The average Bonchev–Trinajstić information content (AvgIpc) is 3.01. The van der Waals surface area contributed by atoms with Crippen LogP contribution < -0.4 is 0 Å². The fourth-order valence-electron chi connectivity index (χ4n) is 2.32. The van der Waals surface area contributed by atoms with Crippen LogP contribution in [0, 0.1) is 0 Å². The van der Waals surface area contributed by atoms with Crippen molar-refractivity contribution in [2.75, 3.05) is 13.2 Å². The second-order valence-electron chi connectivity index (χ2n) is 4.90. The van der Waals surface area contributed by atoms with Crippen LogP contribution in [0.5, 0.6) is 0 Å². The van der Waals surface area contributed by atoms with Gasteiger partial charge in [-0.3, -0.25) is 14.4 Å². The summed E-state index contributed by atoms with van der Waals surface area (Å²) in [4.78, 5) is 33.2. The number of aliphatic carboxylic acids is 1. The maximum Gasteiger partial charge on any atom is 0.306 e. The van der Waals surface area contributed by atoms with Gasteiger partial charge < -0.3 is 24.1 Å². The first kappa shape index (κ1) is 15.7. The quantitative estimate of drug-likeness (QED) is 0.677. The molecule has 8 heteroatoms. The van der Waals surface area contributed by atoms with Gasteiger partial charge in [0.15, 0.2) is 12.2 Å². The molecule has 4 unspecified atom stereocenters. The highest BCUT2D eigenvalue weighted by atomic mass is 16.7. The molecule has 0 bridgehead atoms. The van der Waals surface area contributed by atoms with Gasteiger partial charge in [-0.2, -0.15) is 0 Å². The molecule has 4 atom stereocenters. The highest BCUT2D eigenvalue weighted by Crippen LogP contribution is 2.30. The molecule has 118 valence electrons. The Hall–Kier alpha value is -1.67. The van der Waals surface area contributed by atoms with Gasteiger partial charge in [-0.15, -0.1) is 0 Å². The van der Waals surface area contributed by atoms with Crippen molar-refractivity contribution in [2.45, 2.75) is 50.6 Å². The summed E-state index contributed by atoms with van der Waals surface area (Å²) in [6.45, 7) is 2.04. The molecule has 0 saturated carbocycles. The Morgan fingerprint density at radius 3 is 2.00 bits per heavy atom. The lowest BCUT2D eigenvalue weighted by molar-refractivity contribution is -0.156. The lowest BCUT2D eigenvalue weighted by Gasteiger charge is -2.17. The molecular formula is C13H18O8. The number of carboxylic acid groups (broad SMARTS) is 1. The van der Waals surface area contributed by atoms with Gasteiger partial charge in [-0.1, -0.05) is 6.92 Å². The van der Waals surface area contributed by atoms with E-state index in [9.17, 15) is 14.4 Å². The third kappa shape index (κ3) is 3.92. The van der Waals surface area contributed by atoms with Crippen molar-refractivity contribution < 1.29 is 38.4 Å². The van der Waals surface area contributed by atoms with Crippen molar-refractivity contribution in [3.63, 3.8) is 0 Å². The summed E-state index contributed by atoms with van der Waals surface area (Å²) in [7, 11) is 0. The molecule has 21 heavy (non-hydrogen) atoms. The Kier molecular flexibility index (Phi) is 5.13. The van der Waals surface area contributed by atoms with Crippen molar-refractivity contribution in [2.24, 2.45) is 0 Å². The first-order valence-corrected chi connectivity index (χ1v) is 6.85. The maximum absolute atomic E-state index is 11.5. The summed E-state index contributed by atoms with van der Waals surface area (Å²) in [6.07, 6.45) is -2.23. The van der Waals surface area contributed by atoms with Gasteiger partial charge in [0.2, 0.25) is 0 Å². The topological polar surface area (TPSA) is 108 Å². The van der Waals surface area contributed by atoms with Gasteiger partial charge in [0, 0.05) is 6.42 Å². The van der Waals surface area contributed by atoms with E-state index in [2.05, 4.69) is 0 Å². The third-order valence-corrected chi connectivity index (χ3v) is 3.36. The fraction of sp³-hybridized carbons (Fsp3) is 0.769. The first-order chi connectivity index (χ1) is 10.0. The molecule has 2 heterocycles. The zero-order valence-electron chi connectivity index (χ0n) is 11.6. The Bertz CT molecular complexity index is 420. The molecule has 0 amide bonds. The van der Waals surface area contributed by atoms with Crippen molar-refractivity contribution in [3.8, 4) is 0 Å². The summed E-state index contributed by atoms with van der Waals surface area (Å²) >= 11 is 0. The number of hydrogen-bond donors (Lipinski definition) is 1. The molecule has 0 radical (unpaired) electrons. The fourth-order valence-corrected chi connectivity index (χ4v) is 2.32. The van der Waals surface area contributed by atoms with Crippen LogP contribution in [-0.2, 0) is 33.3 Å². The number of hydrogen-bond acceptors (Lipinski definition) is 7. The van der Waals surface area contributed by atoms with E-state index < -0.39 is 36.4 Å². The molecule has 2 rings (SSSR count). The lowest BCUT2D eigenvalue weighted by atomic mass is 10.1. The molecule has 0 aliphatic carbocycles. The molecule has 0 aromatic rings. The van der Waals surface area contributed by atoms with Gasteiger partial charge in [0.1, 0.15) is 12.2 Å². The number of carbonyl (C=O) groups excluding carboxylic acids is 2. The second-order valence-corrected chi connectivity index (χ2v) is 4.90. The van der Waals surface area contributed by atoms with E-state index in [0.717, 1.165) is 0 Å². The summed E-state index contributed by atoms with van der Waals surface area (Å²) in [5.41, 5.74) is 0. The van der Waals surface area contributed by atoms with Gasteiger partial charge in [-0.25, -0.2) is 0 Å². The van der Waals surface area contributed by atoms with Crippen LogP contribution in [0.25, 0.3) is 0 Å². The van der Waals surface area contributed by atoms with Gasteiger partial charge >= 0.3 is 17.9 Å². The maximum atomic E-state index is 11.5. The van der Waals surface area contributed by atoms with E-state index in [-0.39, 0.29) is 38.4 Å². The lowest BCUT2D eigenvalue weighted by Crippen LogP contribution is -2.35. The Morgan fingerprint density at radius 2 is 1.52 bits per heavy atom. The van der Waals surface area contributed by atoms with Crippen molar-refractivity contribution in [3.05, 3.63) is 0 Å². The minimum Gasteiger partial charge on any atom is -0.481 e. The molecule has 2 aliphatic heterocycles. The summed E-state index contributed by atoms with van der Waals surface area (Å²) in [5.74, 6) is -2.00. The molecule has 0 aromatic carbocycles. The van der Waals surface area contributed by atoms with E-state index in [4.69, 9.17) is 24.1 Å². The molecule has 8 nitrogen and oxygen atoms in total. The molecule has 0 spiro atoms. The minimum absolute atomic E-state index is 0.147. The van der Waals surface area contributed by atoms with Crippen LogP contribution in [0.15, 0.2) is 0 Å². The van der Waals surface area contributed by atoms with Gasteiger partial charge in [0.25, 0.3) is 0 Å². The Morgan fingerprint density at radius 1 is 1.00 bits per heavy atom. The zero-order valence-corrected chi connectivity index (χ0v) is 11.6. The monoisotopic (exact) mass is 302 g/mol. The van der Waals surface area contributed by atoms with Crippen LogP contribution in [-0.4, -0.2) is 60.6 Å². The van der Waals surface area contributed by atoms with E-state index in [0.29, 0.717) is 0 Å². The average molecular weight is 302 g/mol. The van der Waals surface area contributed by atoms with Crippen molar-refractivity contribution in [1.29, 1.82) is 0 Å². The number of fused-ring (bicyclic) bond motifs is 1. The Balaban J connectivity index is 1.82. The highest BCUT2D eigenvalue weighted by molar-refractivity contribution is 5.76. The van der Waals surface area contributed by atoms with Gasteiger partial charge in [0.05, 0.1) is 26.1 Å². The first-order valence-electron chi connectivity index (χ1n) is 6.85. The number of ether oxygens (including phenoxy) is 4. The molecule has 2 aliphatic rings. The number of carbonyl (C=O) groups is 3. The standard InChI is InChI=1S/C13H18O8/c1-2-10(16)20-7-5-18-13-8(6-19-12(7)13)21-11(17)4-3-9(14)15/h7-8,12-13H,2-6H2,1H3,(H,14,15). The normalized spacial score (nSPS) is 30.7. The van der Waals surface area contributed by atoms with E-state index >= 15 is 0 Å². The second kappa shape index (κ2) is 6.86. The predicted molar refractivity (Wildman–Crippen MR) is 66.4 cm³/mol. The minimum atomic E-state index is -1.06. The molecule has 0 aromatic heterocycles. The summed E-state index contributed by atoms with van der Waals surface area (Å²) in [6, 6.07) is 0. The van der Waals surface area contributed by atoms with Crippen LogP contribution in [0.4, 0.5) is 0 Å². The molecule has 1 N–H and O–H groups in total. The predicted octanol–water partition coefficient (Wildman–Crippen LogP) is -0.118. The van der Waals surface area contributed by atoms with Crippen LogP contribution in [0.1, 0.15) is 26.2 Å². The van der Waals surface area contributed by atoms with Crippen LogP contribution >= 0.6 is 0 Å². The summed E-state index contributed by atoms with van der Waals surface area (Å²) < 4.78 is 21.3. The van der Waals surface area contributed by atoms with E-state index in [1.807, 2.05) is 0 Å². The van der Waals surface area contributed by atoms with Crippen molar-refractivity contribution >= 4 is 17.9 Å². The third-order valence-electron chi connectivity index (χ3n) is 3.36. The largest absolute Gasteiger partial charge is 0.481 e. The van der Waals surface area contributed by atoms with Gasteiger partial charge in [-0.05, 0) is 0 Å². The van der Waals surface area contributed by atoms with E-state index in [1.54, 1.807) is 6.92 Å². The number of esters is 2.